The molecule has 0 saturated carbocycles. The van der Waals surface area contributed by atoms with Crippen molar-refractivity contribution < 1.29 is 18.0 Å². The lowest BCUT2D eigenvalue weighted by Gasteiger charge is -2.30. The van der Waals surface area contributed by atoms with Crippen molar-refractivity contribution in [2.24, 2.45) is 0 Å². The number of hydrogen-bond acceptors (Lipinski definition) is 2. The zero-order valence-electron chi connectivity index (χ0n) is 13.6. The summed E-state index contributed by atoms with van der Waals surface area (Å²) in [6.07, 6.45) is -2.15. The number of halogens is 5. The average molecular weight is 403 g/mol. The van der Waals surface area contributed by atoms with Gasteiger partial charge in [-0.2, -0.15) is 13.2 Å². The summed E-state index contributed by atoms with van der Waals surface area (Å²) in [6.45, 7) is 0.927. The molecule has 2 heterocycles. The highest BCUT2D eigenvalue weighted by molar-refractivity contribution is 6.34. The van der Waals surface area contributed by atoms with Crippen molar-refractivity contribution in [3.05, 3.63) is 62.9 Å². The van der Waals surface area contributed by atoms with Gasteiger partial charge in [0, 0.05) is 35.8 Å². The molecule has 0 fully saturated rings. The number of hydrogen-bond donors (Lipinski definition) is 0. The van der Waals surface area contributed by atoms with Gasteiger partial charge in [0.25, 0.3) is 0 Å². The van der Waals surface area contributed by atoms with Crippen LogP contribution in [0.4, 0.5) is 13.2 Å². The van der Waals surface area contributed by atoms with Gasteiger partial charge in [-0.1, -0.05) is 29.3 Å². The van der Waals surface area contributed by atoms with Crippen LogP contribution in [0.15, 0.2) is 30.5 Å². The molecular formula is C18H15Cl2F3N2O. The molecule has 1 amide bonds. The molecule has 0 bridgehead atoms. The number of amides is 1. The van der Waals surface area contributed by atoms with E-state index < -0.39 is 11.9 Å². The third-order valence-electron chi connectivity index (χ3n) is 4.39. The number of rotatable bonds is 3. The highest BCUT2D eigenvalue weighted by Gasteiger charge is 2.32. The van der Waals surface area contributed by atoms with Crippen molar-refractivity contribution in [3.63, 3.8) is 0 Å². The van der Waals surface area contributed by atoms with Crippen molar-refractivity contribution in [2.45, 2.75) is 32.0 Å². The molecule has 0 radical (unpaired) electrons. The van der Waals surface area contributed by atoms with E-state index in [1.165, 1.54) is 6.07 Å². The maximum atomic E-state index is 12.5. The minimum atomic E-state index is -4.46. The molecule has 0 N–H and O–H groups in total. The summed E-state index contributed by atoms with van der Waals surface area (Å²) in [7, 11) is 0. The Hall–Kier alpha value is -1.79. The van der Waals surface area contributed by atoms with Gasteiger partial charge in [0.2, 0.25) is 5.91 Å². The average Bonchev–Trinajstić information content (AvgIpc) is 2.62. The van der Waals surface area contributed by atoms with Gasteiger partial charge in [-0.15, -0.1) is 0 Å². The van der Waals surface area contributed by atoms with Crippen LogP contribution in [0.2, 0.25) is 10.0 Å². The molecule has 1 aromatic carbocycles. The quantitative estimate of drug-likeness (QED) is 0.729. The van der Waals surface area contributed by atoms with Crippen molar-refractivity contribution >= 4 is 29.1 Å². The molecule has 138 valence electrons. The van der Waals surface area contributed by atoms with E-state index in [1.54, 1.807) is 17.0 Å². The predicted octanol–water partition coefficient (Wildman–Crippen LogP) is 4.92. The lowest BCUT2D eigenvalue weighted by molar-refractivity contribution is -0.141. The van der Waals surface area contributed by atoms with Gasteiger partial charge in [-0.05, 0) is 47.7 Å². The zero-order chi connectivity index (χ0) is 18.9. The van der Waals surface area contributed by atoms with Gasteiger partial charge in [-0.25, -0.2) is 0 Å². The summed E-state index contributed by atoms with van der Waals surface area (Å²) in [6, 6.07) is 5.74. The SMILES string of the molecule is O=C(CCc1ccc(C(F)(F)F)nc1)N1CCc2c(Cl)ccc(Cl)c2C1. The second-order valence-corrected chi connectivity index (χ2v) is 6.92. The minimum absolute atomic E-state index is 0.0772. The first-order valence-corrected chi connectivity index (χ1v) is 8.77. The Morgan fingerprint density at radius 2 is 1.81 bits per heavy atom. The highest BCUT2D eigenvalue weighted by atomic mass is 35.5. The van der Waals surface area contributed by atoms with E-state index in [2.05, 4.69) is 4.98 Å². The fourth-order valence-corrected chi connectivity index (χ4v) is 3.46. The zero-order valence-corrected chi connectivity index (χ0v) is 15.1. The van der Waals surface area contributed by atoms with Crippen molar-refractivity contribution in [2.75, 3.05) is 6.54 Å². The van der Waals surface area contributed by atoms with Gasteiger partial charge in [-0.3, -0.25) is 9.78 Å². The number of alkyl halides is 3. The minimum Gasteiger partial charge on any atom is -0.338 e. The number of pyridine rings is 1. The third kappa shape index (κ3) is 4.13. The van der Waals surface area contributed by atoms with Crippen LogP contribution < -0.4 is 0 Å². The molecule has 0 aliphatic carbocycles. The maximum absolute atomic E-state index is 12.5. The Morgan fingerprint density at radius 3 is 2.42 bits per heavy atom. The van der Waals surface area contributed by atoms with Gasteiger partial charge >= 0.3 is 6.18 Å². The standard InChI is InChI=1S/C18H15Cl2F3N2O/c19-14-3-4-15(20)13-10-25(8-7-12(13)14)17(26)6-2-11-1-5-16(24-9-11)18(21,22)23/h1,3-5,9H,2,6-8,10H2. The monoisotopic (exact) mass is 402 g/mol. The van der Waals surface area contributed by atoms with Crippen molar-refractivity contribution in [3.8, 4) is 0 Å². The van der Waals surface area contributed by atoms with E-state index >= 15 is 0 Å². The van der Waals surface area contributed by atoms with Crippen LogP contribution in [0.3, 0.4) is 0 Å². The van der Waals surface area contributed by atoms with Crippen LogP contribution in [-0.4, -0.2) is 22.3 Å². The molecular weight excluding hydrogens is 388 g/mol. The number of carbonyl (C=O) groups excluding carboxylic acids is 1. The van der Waals surface area contributed by atoms with E-state index in [0.29, 0.717) is 41.5 Å². The smallest absolute Gasteiger partial charge is 0.338 e. The van der Waals surface area contributed by atoms with E-state index in [-0.39, 0.29) is 12.3 Å². The fourth-order valence-electron chi connectivity index (χ4n) is 2.96. The topological polar surface area (TPSA) is 33.2 Å². The number of fused-ring (bicyclic) bond motifs is 1. The molecule has 1 aromatic heterocycles. The Morgan fingerprint density at radius 1 is 1.12 bits per heavy atom. The summed E-state index contributed by atoms with van der Waals surface area (Å²) in [5.74, 6) is -0.0772. The van der Waals surface area contributed by atoms with Gasteiger partial charge in [0.05, 0.1) is 0 Å². The summed E-state index contributed by atoms with van der Waals surface area (Å²) in [4.78, 5) is 17.6. The van der Waals surface area contributed by atoms with Crippen molar-refractivity contribution in [1.29, 1.82) is 0 Å². The first-order chi connectivity index (χ1) is 12.3. The van der Waals surface area contributed by atoms with Crippen LogP contribution in [0.1, 0.15) is 28.8 Å². The third-order valence-corrected chi connectivity index (χ3v) is 5.10. The first-order valence-electron chi connectivity index (χ1n) is 8.01. The number of benzene rings is 1. The van der Waals surface area contributed by atoms with Gasteiger partial charge < -0.3 is 4.90 Å². The molecule has 2 aromatic rings. The maximum Gasteiger partial charge on any atom is 0.433 e. The van der Waals surface area contributed by atoms with E-state index in [9.17, 15) is 18.0 Å². The molecule has 8 heteroatoms. The molecule has 1 aliphatic rings. The Balaban J connectivity index is 1.62. The van der Waals surface area contributed by atoms with Crippen LogP contribution >= 0.6 is 23.2 Å². The fraction of sp³-hybridized carbons (Fsp3) is 0.333. The summed E-state index contributed by atoms with van der Waals surface area (Å²) in [5, 5.41) is 1.22. The van der Waals surface area contributed by atoms with Crippen LogP contribution in [0, 0.1) is 0 Å². The molecule has 0 saturated heterocycles. The summed E-state index contributed by atoms with van der Waals surface area (Å²) in [5.41, 5.74) is 1.47. The number of nitrogens with zero attached hydrogens (tertiary/aromatic N) is 2. The number of aryl methyl sites for hydroxylation is 1. The van der Waals surface area contributed by atoms with Gasteiger partial charge in [0.15, 0.2) is 0 Å². The molecule has 26 heavy (non-hydrogen) atoms. The van der Waals surface area contributed by atoms with Gasteiger partial charge in [0.1, 0.15) is 5.69 Å². The predicted molar refractivity (Wildman–Crippen MR) is 93.1 cm³/mol. The molecule has 3 nitrogen and oxygen atoms in total. The second kappa shape index (κ2) is 7.45. The van der Waals surface area contributed by atoms with Crippen molar-refractivity contribution in [1.82, 2.24) is 9.88 Å². The normalized spacial score (nSPS) is 14.3. The lowest BCUT2D eigenvalue weighted by atomic mass is 9.99. The summed E-state index contributed by atoms with van der Waals surface area (Å²) >= 11 is 12.4. The Bertz CT molecular complexity index is 822. The molecule has 0 atom stereocenters. The summed E-state index contributed by atoms with van der Waals surface area (Å²) < 4.78 is 37.5. The Labute approximate surface area is 158 Å². The van der Waals surface area contributed by atoms with E-state index in [1.807, 2.05) is 0 Å². The van der Waals surface area contributed by atoms with Crippen LogP contribution in [-0.2, 0) is 30.4 Å². The molecule has 0 unspecified atom stereocenters. The first kappa shape index (κ1) is 19.0. The molecule has 1 aliphatic heterocycles. The van der Waals surface area contributed by atoms with Crippen LogP contribution in [0.5, 0.6) is 0 Å². The Kier molecular flexibility index (Phi) is 5.44. The van der Waals surface area contributed by atoms with E-state index in [0.717, 1.165) is 23.4 Å². The van der Waals surface area contributed by atoms with E-state index in [4.69, 9.17) is 23.2 Å². The number of carbonyl (C=O) groups is 1. The largest absolute Gasteiger partial charge is 0.433 e. The lowest BCUT2D eigenvalue weighted by Crippen LogP contribution is -2.36. The van der Waals surface area contributed by atoms with Crippen LogP contribution in [0.25, 0.3) is 0 Å². The molecule has 0 spiro atoms. The highest BCUT2D eigenvalue weighted by Crippen LogP contribution is 2.32. The second-order valence-electron chi connectivity index (χ2n) is 6.10. The molecule has 3 rings (SSSR count). The number of aromatic nitrogens is 1.